The van der Waals surface area contributed by atoms with Crippen LogP contribution in [0.4, 0.5) is 0 Å². The minimum absolute atomic E-state index is 0.274. The first-order chi connectivity index (χ1) is 6.88. The summed E-state index contributed by atoms with van der Waals surface area (Å²) in [7, 11) is 0. The summed E-state index contributed by atoms with van der Waals surface area (Å²) < 4.78 is 0. The van der Waals surface area contributed by atoms with Crippen LogP contribution in [-0.2, 0) is 0 Å². The summed E-state index contributed by atoms with van der Waals surface area (Å²) >= 11 is 0. The fourth-order valence-corrected chi connectivity index (χ4v) is 2.32. The molecule has 0 aromatic heterocycles. The molecule has 0 bridgehead atoms. The van der Waals surface area contributed by atoms with Crippen molar-refractivity contribution in [2.45, 2.75) is 12.8 Å². The van der Waals surface area contributed by atoms with E-state index in [0.717, 1.165) is 18.8 Å². The predicted molar refractivity (Wildman–Crippen MR) is 57.7 cm³/mol. The van der Waals surface area contributed by atoms with Crippen LogP contribution in [0.25, 0.3) is 0 Å². The van der Waals surface area contributed by atoms with Crippen molar-refractivity contribution in [1.29, 1.82) is 0 Å². The van der Waals surface area contributed by atoms with Gasteiger partial charge in [-0.15, -0.1) is 0 Å². The van der Waals surface area contributed by atoms with Crippen LogP contribution < -0.4 is 5.32 Å². The Morgan fingerprint density at radius 1 is 1.29 bits per heavy atom. The Labute approximate surface area is 83.3 Å². The van der Waals surface area contributed by atoms with E-state index in [2.05, 4.69) is 33.7 Å². The SMILES string of the molecule is C1=CC2(C=C3C=NN=C13)CCNCC2. The lowest BCUT2D eigenvalue weighted by Gasteiger charge is -2.34. The smallest absolute Gasteiger partial charge is 0.0939 e. The van der Waals surface area contributed by atoms with E-state index in [0.29, 0.717) is 0 Å². The van der Waals surface area contributed by atoms with Gasteiger partial charge < -0.3 is 5.32 Å². The Balaban J connectivity index is 1.96. The third-order valence-electron chi connectivity index (χ3n) is 3.21. The summed E-state index contributed by atoms with van der Waals surface area (Å²) in [5, 5.41) is 11.4. The van der Waals surface area contributed by atoms with Gasteiger partial charge in [-0.3, -0.25) is 0 Å². The van der Waals surface area contributed by atoms with E-state index in [-0.39, 0.29) is 5.41 Å². The first-order valence-electron chi connectivity index (χ1n) is 5.12. The van der Waals surface area contributed by atoms with E-state index in [1.54, 1.807) is 0 Å². The molecule has 0 amide bonds. The molecule has 0 aromatic rings. The topological polar surface area (TPSA) is 36.8 Å². The summed E-state index contributed by atoms with van der Waals surface area (Å²) in [6.07, 6.45) is 11.0. The number of nitrogens with one attached hydrogen (secondary N) is 1. The van der Waals surface area contributed by atoms with Gasteiger partial charge in [-0.05, 0) is 32.0 Å². The second kappa shape index (κ2) is 2.89. The Kier molecular flexibility index (Phi) is 1.67. The standard InChI is InChI=1S/C11H13N3/c1-2-11(3-5-12-6-4-11)7-9-8-13-14-10(1)9/h1-2,7-8,12H,3-6H2. The maximum atomic E-state index is 4.05. The van der Waals surface area contributed by atoms with Gasteiger partial charge >= 0.3 is 0 Å². The molecule has 14 heavy (non-hydrogen) atoms. The monoisotopic (exact) mass is 187 g/mol. The molecule has 72 valence electrons. The van der Waals surface area contributed by atoms with Crippen molar-refractivity contribution in [3.8, 4) is 0 Å². The molecule has 3 heteroatoms. The number of nitrogens with zero attached hydrogens (tertiary/aromatic N) is 2. The van der Waals surface area contributed by atoms with Gasteiger partial charge in [0.25, 0.3) is 0 Å². The molecule has 1 fully saturated rings. The van der Waals surface area contributed by atoms with Crippen LogP contribution in [0.5, 0.6) is 0 Å². The molecule has 0 atom stereocenters. The van der Waals surface area contributed by atoms with E-state index in [9.17, 15) is 0 Å². The van der Waals surface area contributed by atoms with Crippen molar-refractivity contribution in [3.63, 3.8) is 0 Å². The van der Waals surface area contributed by atoms with Gasteiger partial charge in [0, 0.05) is 11.0 Å². The van der Waals surface area contributed by atoms with Crippen LogP contribution in [0.2, 0.25) is 0 Å². The first-order valence-corrected chi connectivity index (χ1v) is 5.12. The normalized spacial score (nSPS) is 27.4. The highest BCUT2D eigenvalue weighted by atomic mass is 15.2. The highest BCUT2D eigenvalue weighted by Gasteiger charge is 2.31. The van der Waals surface area contributed by atoms with Gasteiger partial charge in [0.05, 0.1) is 11.9 Å². The van der Waals surface area contributed by atoms with Crippen LogP contribution in [-0.4, -0.2) is 25.0 Å². The van der Waals surface area contributed by atoms with Gasteiger partial charge in [-0.1, -0.05) is 12.2 Å². The van der Waals surface area contributed by atoms with Gasteiger partial charge in [-0.2, -0.15) is 10.2 Å². The summed E-state index contributed by atoms with van der Waals surface area (Å²) in [6, 6.07) is 0. The van der Waals surface area contributed by atoms with E-state index >= 15 is 0 Å². The molecule has 1 aliphatic carbocycles. The molecule has 0 unspecified atom stereocenters. The maximum absolute atomic E-state index is 4.05. The van der Waals surface area contributed by atoms with E-state index in [1.165, 1.54) is 18.4 Å². The van der Waals surface area contributed by atoms with Crippen molar-refractivity contribution in [2.75, 3.05) is 13.1 Å². The van der Waals surface area contributed by atoms with E-state index in [4.69, 9.17) is 0 Å². The largest absolute Gasteiger partial charge is 0.317 e. The molecular weight excluding hydrogens is 174 g/mol. The Hall–Kier alpha value is -1.22. The Morgan fingerprint density at radius 3 is 3.00 bits per heavy atom. The zero-order chi connectivity index (χ0) is 9.43. The highest BCUT2D eigenvalue weighted by Crippen LogP contribution is 2.36. The second-order valence-electron chi connectivity index (χ2n) is 4.15. The Morgan fingerprint density at radius 2 is 2.14 bits per heavy atom. The average Bonchev–Trinajstić information content (AvgIpc) is 2.66. The molecule has 2 aliphatic heterocycles. The lowest BCUT2D eigenvalue weighted by atomic mass is 9.74. The molecule has 1 spiro atoms. The molecule has 1 N–H and O–H groups in total. The number of allylic oxidation sites excluding steroid dienone is 4. The van der Waals surface area contributed by atoms with Gasteiger partial charge in [0.15, 0.2) is 0 Å². The molecular formula is C11H13N3. The van der Waals surface area contributed by atoms with Crippen molar-refractivity contribution in [3.05, 3.63) is 23.8 Å². The van der Waals surface area contributed by atoms with Gasteiger partial charge in [0.2, 0.25) is 0 Å². The van der Waals surface area contributed by atoms with Crippen molar-refractivity contribution < 1.29 is 0 Å². The summed E-state index contributed by atoms with van der Waals surface area (Å²) in [5.41, 5.74) is 2.50. The zero-order valence-electron chi connectivity index (χ0n) is 8.03. The number of piperidine rings is 1. The second-order valence-corrected chi connectivity index (χ2v) is 4.15. The van der Waals surface area contributed by atoms with Crippen LogP contribution in [0.3, 0.4) is 0 Å². The van der Waals surface area contributed by atoms with Crippen LogP contribution >= 0.6 is 0 Å². The zero-order valence-corrected chi connectivity index (χ0v) is 8.03. The third-order valence-corrected chi connectivity index (χ3v) is 3.21. The van der Waals surface area contributed by atoms with Crippen LogP contribution in [0, 0.1) is 5.41 Å². The number of rotatable bonds is 0. The summed E-state index contributed by atoms with van der Waals surface area (Å²) in [6.45, 7) is 2.22. The quantitative estimate of drug-likeness (QED) is 0.609. The highest BCUT2D eigenvalue weighted by molar-refractivity contribution is 6.24. The minimum Gasteiger partial charge on any atom is -0.317 e. The fourth-order valence-electron chi connectivity index (χ4n) is 2.32. The van der Waals surface area contributed by atoms with Gasteiger partial charge in [0.1, 0.15) is 0 Å². The molecule has 3 aliphatic rings. The molecule has 3 rings (SSSR count). The van der Waals surface area contributed by atoms with Crippen molar-refractivity contribution >= 4 is 11.9 Å². The van der Waals surface area contributed by atoms with Crippen molar-refractivity contribution in [2.24, 2.45) is 15.6 Å². The maximum Gasteiger partial charge on any atom is 0.0939 e. The lowest BCUT2D eigenvalue weighted by molar-refractivity contribution is 0.341. The molecule has 3 nitrogen and oxygen atoms in total. The number of hydrogen-bond acceptors (Lipinski definition) is 3. The van der Waals surface area contributed by atoms with Crippen LogP contribution in [0.15, 0.2) is 34.0 Å². The summed E-state index contributed by atoms with van der Waals surface area (Å²) in [4.78, 5) is 0. The summed E-state index contributed by atoms with van der Waals surface area (Å²) in [5.74, 6) is 0. The Bertz CT molecular complexity index is 368. The lowest BCUT2D eigenvalue weighted by Crippen LogP contribution is -2.35. The van der Waals surface area contributed by atoms with E-state index < -0.39 is 0 Å². The molecule has 0 aromatic carbocycles. The van der Waals surface area contributed by atoms with Gasteiger partial charge in [-0.25, -0.2) is 0 Å². The first kappa shape index (κ1) is 8.12. The molecule has 0 radical (unpaired) electrons. The fraction of sp³-hybridized carbons (Fsp3) is 0.455. The molecule has 0 saturated carbocycles. The number of fused-ring (bicyclic) bond motifs is 1. The predicted octanol–water partition coefficient (Wildman–Crippen LogP) is 1.29. The number of hydrogen-bond donors (Lipinski definition) is 1. The van der Waals surface area contributed by atoms with E-state index in [1.807, 2.05) is 6.21 Å². The molecule has 1 saturated heterocycles. The average molecular weight is 187 g/mol. The molecule has 2 heterocycles. The van der Waals surface area contributed by atoms with Crippen molar-refractivity contribution in [1.82, 2.24) is 5.32 Å². The third kappa shape index (κ3) is 1.16. The van der Waals surface area contributed by atoms with Crippen LogP contribution in [0.1, 0.15) is 12.8 Å². The minimum atomic E-state index is 0.274.